The van der Waals surface area contributed by atoms with Crippen LogP contribution in [0.4, 0.5) is 16.7 Å². The van der Waals surface area contributed by atoms with Gasteiger partial charge in [0.25, 0.3) is 11.1 Å². The summed E-state index contributed by atoms with van der Waals surface area (Å²) in [5.74, 6) is 1.14. The summed E-state index contributed by atoms with van der Waals surface area (Å²) < 4.78 is 11.0. The van der Waals surface area contributed by atoms with E-state index in [1.807, 2.05) is 6.92 Å². The van der Waals surface area contributed by atoms with Gasteiger partial charge in [0.15, 0.2) is 6.61 Å². The fourth-order valence-electron chi connectivity index (χ4n) is 4.34. The fraction of sp³-hybridized carbons (Fsp3) is 0.423. The Balaban J connectivity index is 1.41. The zero-order valence-electron chi connectivity index (χ0n) is 21.2. The molecule has 1 aliphatic heterocycles. The molecule has 2 aliphatic rings. The topological polar surface area (TPSA) is 150 Å². The molecule has 12 heteroatoms. The highest BCUT2D eigenvalue weighted by Crippen LogP contribution is 2.40. The summed E-state index contributed by atoms with van der Waals surface area (Å²) >= 11 is 0. The Hall–Kier alpha value is -4.71. The zero-order valence-corrected chi connectivity index (χ0v) is 21.2. The van der Waals surface area contributed by atoms with Crippen LogP contribution in [-0.4, -0.2) is 50.8 Å². The lowest BCUT2D eigenvalue weighted by molar-refractivity contribution is 0.178. The van der Waals surface area contributed by atoms with Crippen LogP contribution in [0.5, 0.6) is 5.75 Å². The summed E-state index contributed by atoms with van der Waals surface area (Å²) in [7, 11) is 0. The van der Waals surface area contributed by atoms with Crippen LogP contribution in [0.15, 0.2) is 23.0 Å². The summed E-state index contributed by atoms with van der Waals surface area (Å²) in [5, 5.41) is 13.5. The van der Waals surface area contributed by atoms with E-state index in [-0.39, 0.29) is 36.7 Å². The van der Waals surface area contributed by atoms with Crippen molar-refractivity contribution in [2.45, 2.75) is 57.7 Å². The van der Waals surface area contributed by atoms with Gasteiger partial charge in [0, 0.05) is 29.9 Å². The van der Waals surface area contributed by atoms with Crippen molar-refractivity contribution < 1.29 is 14.3 Å². The summed E-state index contributed by atoms with van der Waals surface area (Å²) in [6.45, 7) is 13.2. The summed E-state index contributed by atoms with van der Waals surface area (Å²) in [4.78, 5) is 46.2. The highest BCUT2D eigenvalue weighted by atomic mass is 16.6. The lowest BCUT2D eigenvalue weighted by Gasteiger charge is -2.20. The first-order valence-electron chi connectivity index (χ1n) is 12.3. The largest absolute Gasteiger partial charge is 0.484 e. The Morgan fingerprint density at radius 2 is 2.13 bits per heavy atom. The van der Waals surface area contributed by atoms with Crippen LogP contribution < -0.4 is 20.5 Å². The highest BCUT2D eigenvalue weighted by molar-refractivity contribution is 5.88. The van der Waals surface area contributed by atoms with Crippen LogP contribution >= 0.6 is 0 Å². The third-order valence-corrected chi connectivity index (χ3v) is 6.85. The first-order chi connectivity index (χ1) is 18.3. The molecule has 2 fully saturated rings. The molecule has 1 aliphatic carbocycles. The van der Waals surface area contributed by atoms with E-state index in [1.54, 1.807) is 32.0 Å². The number of amides is 1. The second kappa shape index (κ2) is 9.63. The molecule has 2 atom stereocenters. The van der Waals surface area contributed by atoms with Gasteiger partial charge in [0.2, 0.25) is 11.9 Å². The molecule has 1 saturated carbocycles. The van der Waals surface area contributed by atoms with Crippen LogP contribution in [0.3, 0.4) is 0 Å². The van der Waals surface area contributed by atoms with E-state index in [2.05, 4.69) is 36.2 Å². The quantitative estimate of drug-likeness (QED) is 0.429. The second-order valence-corrected chi connectivity index (χ2v) is 9.61. The number of anilines is 2. The molecule has 0 unspecified atom stereocenters. The van der Waals surface area contributed by atoms with E-state index in [0.29, 0.717) is 40.0 Å². The van der Waals surface area contributed by atoms with E-state index < -0.39 is 17.7 Å². The Morgan fingerprint density at radius 1 is 1.34 bits per heavy atom. The standard InChI is InChI=1S/C26H26N8O4/c1-5-18-12-37-25(36)34(18)24-31-15(3)30-23(33-24)29-14(2)19-9-16-8-17(11-27)21(10-20(16)32-22(19)35)38-13-26(28-4)6-7-26/h8-10,14,18H,5-7,12-13H2,1-3H3,(H,32,35)(H,29,30,31,33)/t14-,18-/m0/s1. The number of ether oxygens (including phenoxy) is 2. The summed E-state index contributed by atoms with van der Waals surface area (Å²) in [6.07, 6.45) is 1.73. The number of nitriles is 1. The number of carbonyl (C=O) groups excluding carboxylic acids is 1. The molecular weight excluding hydrogens is 488 g/mol. The highest BCUT2D eigenvalue weighted by Gasteiger charge is 2.52. The molecule has 1 aromatic carbocycles. The first kappa shape index (κ1) is 25.0. The number of fused-ring (bicyclic) bond motifs is 1. The smallest absolute Gasteiger partial charge is 0.417 e. The number of aromatic amines is 1. The average molecular weight is 515 g/mol. The van der Waals surface area contributed by atoms with E-state index in [4.69, 9.17) is 16.0 Å². The van der Waals surface area contributed by atoms with Crippen molar-refractivity contribution in [2.75, 3.05) is 23.4 Å². The molecule has 0 bridgehead atoms. The van der Waals surface area contributed by atoms with E-state index >= 15 is 0 Å². The number of aromatic nitrogens is 4. The number of rotatable bonds is 8. The van der Waals surface area contributed by atoms with Gasteiger partial charge in [-0.1, -0.05) is 6.92 Å². The van der Waals surface area contributed by atoms with Crippen molar-refractivity contribution in [3.63, 3.8) is 0 Å². The minimum Gasteiger partial charge on any atom is -0.484 e. The zero-order chi connectivity index (χ0) is 27.0. The number of nitrogens with zero attached hydrogens (tertiary/aromatic N) is 6. The summed E-state index contributed by atoms with van der Waals surface area (Å²) in [6, 6.07) is 6.44. The molecule has 38 heavy (non-hydrogen) atoms. The monoisotopic (exact) mass is 514 g/mol. The van der Waals surface area contributed by atoms with Gasteiger partial charge in [0.05, 0.1) is 23.2 Å². The summed E-state index contributed by atoms with van der Waals surface area (Å²) in [5.41, 5.74) is 0.418. The van der Waals surface area contributed by atoms with Gasteiger partial charge < -0.3 is 24.6 Å². The number of nitrogens with one attached hydrogen (secondary N) is 2. The van der Waals surface area contributed by atoms with Crippen molar-refractivity contribution in [3.05, 3.63) is 56.9 Å². The van der Waals surface area contributed by atoms with E-state index in [9.17, 15) is 14.9 Å². The Kier molecular flexibility index (Phi) is 6.33. The van der Waals surface area contributed by atoms with Gasteiger partial charge in [-0.3, -0.25) is 4.79 Å². The maximum absolute atomic E-state index is 13.0. The molecule has 12 nitrogen and oxygen atoms in total. The number of carbonyl (C=O) groups is 1. The number of hydrogen-bond donors (Lipinski definition) is 2. The van der Waals surface area contributed by atoms with Crippen molar-refractivity contribution in [2.24, 2.45) is 0 Å². The van der Waals surface area contributed by atoms with Crippen molar-refractivity contribution >= 4 is 28.9 Å². The molecule has 2 N–H and O–H groups in total. The molecule has 1 saturated heterocycles. The van der Waals surface area contributed by atoms with Gasteiger partial charge in [-0.25, -0.2) is 16.3 Å². The molecular formula is C26H26N8O4. The maximum atomic E-state index is 13.0. The van der Waals surface area contributed by atoms with Gasteiger partial charge in [-0.05, 0) is 32.4 Å². The van der Waals surface area contributed by atoms with Crippen molar-refractivity contribution in [1.82, 2.24) is 19.9 Å². The van der Waals surface area contributed by atoms with E-state index in [1.165, 1.54) is 4.90 Å². The Labute approximate surface area is 218 Å². The predicted octanol–water partition coefficient (Wildman–Crippen LogP) is 3.63. The van der Waals surface area contributed by atoms with Gasteiger partial charge in [-0.2, -0.15) is 20.2 Å². The van der Waals surface area contributed by atoms with Crippen LogP contribution in [0, 0.1) is 24.8 Å². The normalized spacial score (nSPS) is 18.4. The van der Waals surface area contributed by atoms with Crippen LogP contribution in [0.25, 0.3) is 15.7 Å². The number of pyridine rings is 1. The number of cyclic esters (lactones) is 1. The van der Waals surface area contributed by atoms with Gasteiger partial charge >= 0.3 is 6.09 Å². The fourth-order valence-corrected chi connectivity index (χ4v) is 4.34. The molecule has 3 heterocycles. The predicted molar refractivity (Wildman–Crippen MR) is 138 cm³/mol. The molecule has 0 radical (unpaired) electrons. The second-order valence-electron chi connectivity index (χ2n) is 9.61. The van der Waals surface area contributed by atoms with Gasteiger partial charge in [0.1, 0.15) is 24.3 Å². The van der Waals surface area contributed by atoms with Crippen LogP contribution in [-0.2, 0) is 4.74 Å². The number of benzene rings is 1. The molecule has 5 rings (SSSR count). The lowest BCUT2D eigenvalue weighted by Crippen LogP contribution is -2.35. The Bertz CT molecular complexity index is 1570. The number of H-pyrrole nitrogens is 1. The van der Waals surface area contributed by atoms with Gasteiger partial charge in [-0.15, -0.1) is 0 Å². The average Bonchev–Trinajstić information content (AvgIpc) is 3.59. The molecule has 194 valence electrons. The maximum Gasteiger partial charge on any atom is 0.417 e. The lowest BCUT2D eigenvalue weighted by atomic mass is 10.0. The van der Waals surface area contributed by atoms with E-state index in [0.717, 1.165) is 12.8 Å². The Morgan fingerprint density at radius 3 is 2.82 bits per heavy atom. The number of aryl methyl sites for hydroxylation is 1. The molecule has 3 aromatic rings. The SMILES string of the molecule is [C-]#[N+]C1(COc2cc3[nH]c(=O)c([C@H](C)Nc4nc(C)nc(N5C(=O)OC[C@@H]5CC)n4)cc3cc2C#N)CC1. The first-order valence-corrected chi connectivity index (χ1v) is 12.3. The minimum atomic E-state index is -0.514. The third kappa shape index (κ3) is 4.68. The van der Waals surface area contributed by atoms with Crippen molar-refractivity contribution in [1.29, 1.82) is 5.26 Å². The van der Waals surface area contributed by atoms with Crippen molar-refractivity contribution in [3.8, 4) is 11.8 Å². The van der Waals surface area contributed by atoms with Crippen LogP contribution in [0.2, 0.25) is 0 Å². The van der Waals surface area contributed by atoms with Crippen LogP contribution in [0.1, 0.15) is 56.1 Å². The third-order valence-electron chi connectivity index (χ3n) is 6.85. The molecule has 1 amide bonds. The molecule has 2 aromatic heterocycles. The minimum absolute atomic E-state index is 0.169. The number of hydrogen-bond acceptors (Lipinski definition) is 9. The molecule has 0 spiro atoms.